The summed E-state index contributed by atoms with van der Waals surface area (Å²) in [7, 11) is 0. The number of fused-ring (bicyclic) bond motifs is 1. The van der Waals surface area contributed by atoms with Crippen molar-refractivity contribution in [3.63, 3.8) is 0 Å². The molecule has 1 aliphatic heterocycles. The van der Waals surface area contributed by atoms with Gasteiger partial charge in [-0.15, -0.1) is 0 Å². The molecule has 0 unspecified atom stereocenters. The van der Waals surface area contributed by atoms with Gasteiger partial charge in [0.05, 0.1) is 5.41 Å². The predicted molar refractivity (Wildman–Crippen MR) is 82.4 cm³/mol. The van der Waals surface area contributed by atoms with Gasteiger partial charge in [0, 0.05) is 19.6 Å². The highest BCUT2D eigenvalue weighted by Gasteiger charge is 2.55. The van der Waals surface area contributed by atoms with E-state index in [1.165, 1.54) is 6.07 Å². The van der Waals surface area contributed by atoms with Crippen LogP contribution in [0.5, 0.6) is 0 Å². The molecule has 2 aliphatic rings. The van der Waals surface area contributed by atoms with Gasteiger partial charge in [0.1, 0.15) is 0 Å². The SMILES string of the molecule is O=C(NCCc1ccc(F)c(F)c1)N1C[C@@H]2CCC[C@@]2(C(=O)O)C1. The molecule has 1 saturated heterocycles. The van der Waals surface area contributed by atoms with Gasteiger partial charge in [0.25, 0.3) is 0 Å². The smallest absolute Gasteiger partial charge is 0.317 e. The van der Waals surface area contributed by atoms with E-state index in [0.717, 1.165) is 25.0 Å². The number of aliphatic carboxylic acids is 1. The standard InChI is InChI=1S/C17H20F2N2O3/c18-13-4-3-11(8-14(13)19)5-7-20-16(24)21-9-12-2-1-6-17(12,10-21)15(22)23/h3-4,8,12H,1-2,5-7,9-10H2,(H,20,24)(H,22,23)/t12-,17+/m0/s1. The molecule has 0 spiro atoms. The molecule has 7 heteroatoms. The van der Waals surface area contributed by atoms with Crippen molar-refractivity contribution in [2.45, 2.75) is 25.7 Å². The van der Waals surface area contributed by atoms with E-state index in [1.54, 1.807) is 4.90 Å². The number of likely N-dealkylation sites (tertiary alicyclic amines) is 1. The van der Waals surface area contributed by atoms with Crippen LogP contribution in [0.2, 0.25) is 0 Å². The minimum atomic E-state index is -0.908. The fraction of sp³-hybridized carbons (Fsp3) is 0.529. The lowest BCUT2D eigenvalue weighted by molar-refractivity contribution is -0.149. The molecule has 0 radical (unpaired) electrons. The van der Waals surface area contributed by atoms with Crippen LogP contribution in [-0.4, -0.2) is 41.6 Å². The molecule has 2 atom stereocenters. The van der Waals surface area contributed by atoms with Gasteiger partial charge in [-0.05, 0) is 42.9 Å². The van der Waals surface area contributed by atoms with Crippen LogP contribution in [-0.2, 0) is 11.2 Å². The summed E-state index contributed by atoms with van der Waals surface area (Å²) in [5.41, 5.74) is -0.202. The zero-order valence-corrected chi connectivity index (χ0v) is 13.2. The van der Waals surface area contributed by atoms with E-state index in [0.29, 0.717) is 24.9 Å². The second-order valence-electron chi connectivity index (χ2n) is 6.66. The number of hydrogen-bond acceptors (Lipinski definition) is 2. The molecule has 24 heavy (non-hydrogen) atoms. The Hall–Kier alpha value is -2.18. The van der Waals surface area contributed by atoms with Crippen molar-refractivity contribution in [2.24, 2.45) is 11.3 Å². The first-order chi connectivity index (χ1) is 11.4. The average molecular weight is 338 g/mol. The topological polar surface area (TPSA) is 69.6 Å². The van der Waals surface area contributed by atoms with Crippen molar-refractivity contribution in [1.29, 1.82) is 0 Å². The highest BCUT2D eigenvalue weighted by molar-refractivity contribution is 5.80. The number of rotatable bonds is 4. The maximum Gasteiger partial charge on any atom is 0.317 e. The number of benzene rings is 1. The normalized spacial score (nSPS) is 25.6. The third kappa shape index (κ3) is 2.95. The second-order valence-corrected chi connectivity index (χ2v) is 6.66. The number of carbonyl (C=O) groups is 2. The zero-order chi connectivity index (χ0) is 17.3. The van der Waals surface area contributed by atoms with Crippen molar-refractivity contribution < 1.29 is 23.5 Å². The Kier molecular flexibility index (Phi) is 4.43. The van der Waals surface area contributed by atoms with Gasteiger partial charge in [-0.25, -0.2) is 13.6 Å². The number of nitrogens with zero attached hydrogens (tertiary/aromatic N) is 1. The first kappa shape index (κ1) is 16.7. The number of carboxylic acid groups (broad SMARTS) is 1. The van der Waals surface area contributed by atoms with Crippen LogP contribution in [0.3, 0.4) is 0 Å². The largest absolute Gasteiger partial charge is 0.481 e. The van der Waals surface area contributed by atoms with Crippen molar-refractivity contribution in [1.82, 2.24) is 10.2 Å². The summed E-state index contributed by atoms with van der Waals surface area (Å²) in [5, 5.41) is 12.3. The zero-order valence-electron chi connectivity index (χ0n) is 13.2. The molecular formula is C17H20F2N2O3. The summed E-state index contributed by atoms with van der Waals surface area (Å²) in [4.78, 5) is 25.4. The number of hydrogen-bond donors (Lipinski definition) is 2. The quantitative estimate of drug-likeness (QED) is 0.886. The lowest BCUT2D eigenvalue weighted by atomic mass is 9.81. The summed E-state index contributed by atoms with van der Waals surface area (Å²) in [6.45, 7) is 0.985. The summed E-state index contributed by atoms with van der Waals surface area (Å²) in [6.07, 6.45) is 2.73. The van der Waals surface area contributed by atoms with Crippen LogP contribution >= 0.6 is 0 Å². The third-order valence-corrected chi connectivity index (χ3v) is 5.26. The van der Waals surface area contributed by atoms with Crippen molar-refractivity contribution in [2.75, 3.05) is 19.6 Å². The number of amides is 2. The summed E-state index contributed by atoms with van der Waals surface area (Å²) in [5.74, 6) is -2.60. The van der Waals surface area contributed by atoms with Gasteiger partial charge in [0.15, 0.2) is 11.6 Å². The predicted octanol–water partition coefficient (Wildman–Crippen LogP) is 2.40. The molecule has 0 aromatic heterocycles. The van der Waals surface area contributed by atoms with Gasteiger partial charge in [-0.1, -0.05) is 12.5 Å². The molecule has 2 fully saturated rings. The van der Waals surface area contributed by atoms with Crippen molar-refractivity contribution >= 4 is 12.0 Å². The van der Waals surface area contributed by atoms with E-state index >= 15 is 0 Å². The molecular weight excluding hydrogens is 318 g/mol. The molecule has 3 rings (SSSR count). The summed E-state index contributed by atoms with van der Waals surface area (Å²) in [6, 6.07) is 3.35. The van der Waals surface area contributed by atoms with Crippen LogP contribution in [0.1, 0.15) is 24.8 Å². The number of carbonyl (C=O) groups excluding carboxylic acids is 1. The number of halogens is 2. The van der Waals surface area contributed by atoms with Crippen LogP contribution in [0.4, 0.5) is 13.6 Å². The Morgan fingerprint density at radius 1 is 1.33 bits per heavy atom. The van der Waals surface area contributed by atoms with Crippen LogP contribution in [0.15, 0.2) is 18.2 Å². The molecule has 2 N–H and O–H groups in total. The molecule has 1 saturated carbocycles. The number of urea groups is 1. The number of nitrogens with one attached hydrogen (secondary N) is 1. The Morgan fingerprint density at radius 3 is 2.79 bits per heavy atom. The Bertz CT molecular complexity index is 667. The average Bonchev–Trinajstić information content (AvgIpc) is 3.09. The van der Waals surface area contributed by atoms with E-state index in [9.17, 15) is 23.5 Å². The Morgan fingerprint density at radius 2 is 2.12 bits per heavy atom. The highest BCUT2D eigenvalue weighted by atomic mass is 19.2. The van der Waals surface area contributed by atoms with Gasteiger partial charge in [-0.3, -0.25) is 4.79 Å². The Balaban J connectivity index is 1.53. The lowest BCUT2D eigenvalue weighted by Crippen LogP contribution is -2.42. The first-order valence-electron chi connectivity index (χ1n) is 8.12. The fourth-order valence-electron chi connectivity index (χ4n) is 3.91. The van der Waals surface area contributed by atoms with Gasteiger partial charge in [0.2, 0.25) is 0 Å². The van der Waals surface area contributed by atoms with Crippen LogP contribution < -0.4 is 5.32 Å². The van der Waals surface area contributed by atoms with E-state index in [1.807, 2.05) is 0 Å². The van der Waals surface area contributed by atoms with Crippen molar-refractivity contribution in [3.8, 4) is 0 Å². The monoisotopic (exact) mass is 338 g/mol. The van der Waals surface area contributed by atoms with E-state index in [-0.39, 0.29) is 25.0 Å². The fourth-order valence-corrected chi connectivity index (χ4v) is 3.91. The molecule has 2 amide bonds. The lowest BCUT2D eigenvalue weighted by Gasteiger charge is -2.23. The minimum Gasteiger partial charge on any atom is -0.481 e. The molecule has 1 aliphatic carbocycles. The van der Waals surface area contributed by atoms with Crippen molar-refractivity contribution in [3.05, 3.63) is 35.4 Å². The minimum absolute atomic E-state index is 0.0203. The van der Waals surface area contributed by atoms with E-state index in [4.69, 9.17) is 0 Å². The number of carboxylic acids is 1. The maximum absolute atomic E-state index is 13.1. The summed E-state index contributed by atoms with van der Waals surface area (Å²) < 4.78 is 26.0. The first-order valence-corrected chi connectivity index (χ1v) is 8.12. The van der Waals surface area contributed by atoms with Gasteiger partial charge < -0.3 is 15.3 Å². The van der Waals surface area contributed by atoms with Crippen LogP contribution in [0, 0.1) is 23.0 Å². The molecule has 1 aromatic carbocycles. The Labute approximate surface area is 138 Å². The van der Waals surface area contributed by atoms with Gasteiger partial charge in [-0.2, -0.15) is 0 Å². The second kappa shape index (κ2) is 6.37. The highest BCUT2D eigenvalue weighted by Crippen LogP contribution is 2.48. The maximum atomic E-state index is 13.1. The van der Waals surface area contributed by atoms with E-state index in [2.05, 4.69) is 5.32 Å². The van der Waals surface area contributed by atoms with Gasteiger partial charge >= 0.3 is 12.0 Å². The van der Waals surface area contributed by atoms with E-state index < -0.39 is 23.0 Å². The molecule has 130 valence electrons. The summed E-state index contributed by atoms with van der Waals surface area (Å²) >= 11 is 0. The van der Waals surface area contributed by atoms with Crippen LogP contribution in [0.25, 0.3) is 0 Å². The third-order valence-electron chi connectivity index (χ3n) is 5.26. The molecule has 1 heterocycles. The molecule has 0 bridgehead atoms. The molecule has 1 aromatic rings. The molecule has 5 nitrogen and oxygen atoms in total.